The maximum atomic E-state index is 13.8. The first kappa shape index (κ1) is 15.6. The van der Waals surface area contributed by atoms with Crippen molar-refractivity contribution >= 4 is 0 Å². The van der Waals surface area contributed by atoms with Crippen LogP contribution in [0.1, 0.15) is 24.4 Å². The lowest BCUT2D eigenvalue weighted by Gasteiger charge is -2.38. The van der Waals surface area contributed by atoms with Crippen molar-refractivity contribution < 1.29 is 18.3 Å². The van der Waals surface area contributed by atoms with E-state index in [0.717, 1.165) is 37.5 Å². The van der Waals surface area contributed by atoms with Gasteiger partial charge in [0.25, 0.3) is 5.88 Å². The molecule has 1 saturated heterocycles. The van der Waals surface area contributed by atoms with Crippen LogP contribution in [0.2, 0.25) is 0 Å². The van der Waals surface area contributed by atoms with Crippen molar-refractivity contribution in [3.8, 4) is 5.88 Å². The summed E-state index contributed by atoms with van der Waals surface area (Å²) in [5.41, 5.74) is 0. The molecule has 0 radical (unpaired) electrons. The zero-order chi connectivity index (χ0) is 16.5. The number of aryl methyl sites for hydroxylation is 1. The van der Waals surface area contributed by atoms with Crippen molar-refractivity contribution in [2.75, 3.05) is 13.2 Å². The van der Waals surface area contributed by atoms with Gasteiger partial charge in [0.2, 0.25) is 0 Å². The molecule has 2 aromatic rings. The van der Waals surface area contributed by atoms with Gasteiger partial charge in [0.1, 0.15) is 23.7 Å². The molecule has 2 aliphatic rings. The van der Waals surface area contributed by atoms with Gasteiger partial charge in [-0.2, -0.15) is 0 Å². The van der Waals surface area contributed by atoms with Crippen molar-refractivity contribution in [3.63, 3.8) is 0 Å². The summed E-state index contributed by atoms with van der Waals surface area (Å²) in [5.74, 6) is 1.52. The highest BCUT2D eigenvalue weighted by molar-refractivity contribution is 5.14. The number of aromatic nitrogens is 1. The molecule has 2 aromatic heterocycles. The zero-order valence-electron chi connectivity index (χ0n) is 13.7. The molecule has 0 spiro atoms. The molecule has 1 aliphatic carbocycles. The van der Waals surface area contributed by atoms with Crippen LogP contribution < -0.4 is 4.74 Å². The second-order valence-electron chi connectivity index (χ2n) is 6.41. The zero-order valence-corrected chi connectivity index (χ0v) is 13.7. The summed E-state index contributed by atoms with van der Waals surface area (Å²) in [7, 11) is 0. The largest absolute Gasteiger partial charge is 0.469 e. The van der Waals surface area contributed by atoms with E-state index in [-0.39, 0.29) is 24.1 Å². The first-order valence-electron chi connectivity index (χ1n) is 8.39. The van der Waals surface area contributed by atoms with Crippen molar-refractivity contribution in [2.24, 2.45) is 0 Å². The molecule has 0 amide bonds. The number of furan rings is 1. The van der Waals surface area contributed by atoms with Gasteiger partial charge in [-0.15, -0.1) is 0 Å². The number of ether oxygens (including phenoxy) is 2. The first-order valence-corrected chi connectivity index (χ1v) is 8.39. The molecule has 4 rings (SSSR count). The normalized spacial score (nSPS) is 27.2. The quantitative estimate of drug-likeness (QED) is 0.861. The fraction of sp³-hybridized carbons (Fsp3) is 0.500. The minimum absolute atomic E-state index is 0.0591. The summed E-state index contributed by atoms with van der Waals surface area (Å²) < 4.78 is 31.3. The predicted molar refractivity (Wildman–Crippen MR) is 85.2 cm³/mol. The van der Waals surface area contributed by atoms with Crippen molar-refractivity contribution in [2.45, 2.75) is 44.6 Å². The predicted octanol–water partition coefficient (Wildman–Crippen LogP) is 2.93. The molecule has 2 fully saturated rings. The van der Waals surface area contributed by atoms with Crippen LogP contribution >= 0.6 is 0 Å². The Morgan fingerprint density at radius 3 is 3.04 bits per heavy atom. The number of nitrogens with zero attached hydrogens (tertiary/aromatic N) is 2. The van der Waals surface area contributed by atoms with E-state index in [1.165, 1.54) is 12.3 Å². The average molecular weight is 332 g/mol. The van der Waals surface area contributed by atoms with Gasteiger partial charge in [0, 0.05) is 18.8 Å². The molecule has 1 aliphatic heterocycles. The fourth-order valence-electron chi connectivity index (χ4n) is 3.69. The second-order valence-corrected chi connectivity index (χ2v) is 6.41. The average Bonchev–Trinajstić information content (AvgIpc) is 3.17. The van der Waals surface area contributed by atoms with Crippen molar-refractivity contribution in [1.82, 2.24) is 9.88 Å². The van der Waals surface area contributed by atoms with Gasteiger partial charge in [-0.25, -0.2) is 9.37 Å². The Hall–Kier alpha value is -1.92. The van der Waals surface area contributed by atoms with Crippen LogP contribution in [0.4, 0.5) is 4.39 Å². The van der Waals surface area contributed by atoms with Crippen LogP contribution in [0.5, 0.6) is 5.88 Å². The number of hydrogen-bond acceptors (Lipinski definition) is 5. The second kappa shape index (κ2) is 6.53. The Kier molecular flexibility index (Phi) is 4.24. The van der Waals surface area contributed by atoms with Gasteiger partial charge in [-0.3, -0.25) is 4.90 Å². The molecule has 1 saturated carbocycles. The number of fused-ring (bicyclic) bond motifs is 1. The molecular formula is C18H21FN2O3. The Labute approximate surface area is 140 Å². The van der Waals surface area contributed by atoms with Gasteiger partial charge in [-0.05, 0) is 44.0 Å². The van der Waals surface area contributed by atoms with Crippen LogP contribution in [-0.4, -0.2) is 41.3 Å². The third-order valence-corrected chi connectivity index (χ3v) is 4.79. The number of halogens is 1. The minimum atomic E-state index is -0.431. The van der Waals surface area contributed by atoms with E-state index in [9.17, 15) is 4.39 Å². The van der Waals surface area contributed by atoms with Crippen LogP contribution in [0, 0.1) is 12.7 Å². The van der Waals surface area contributed by atoms with Crippen LogP contribution in [-0.2, 0) is 11.3 Å². The summed E-state index contributed by atoms with van der Waals surface area (Å²) in [6.45, 7) is 4.23. The molecule has 3 heterocycles. The van der Waals surface area contributed by atoms with E-state index in [4.69, 9.17) is 13.9 Å². The lowest BCUT2D eigenvalue weighted by Crippen LogP contribution is -2.51. The fourth-order valence-corrected chi connectivity index (χ4v) is 3.69. The summed E-state index contributed by atoms with van der Waals surface area (Å²) in [4.78, 5) is 6.37. The summed E-state index contributed by atoms with van der Waals surface area (Å²) in [6, 6.07) is 7.19. The van der Waals surface area contributed by atoms with Gasteiger partial charge in [0.05, 0.1) is 13.2 Å². The van der Waals surface area contributed by atoms with Gasteiger partial charge >= 0.3 is 0 Å². The summed E-state index contributed by atoms with van der Waals surface area (Å²) >= 11 is 0. The number of rotatable bonds is 4. The molecule has 0 aromatic carbocycles. The Bertz CT molecular complexity index is 705. The SMILES string of the molecule is Cc1ccc(CN2CCO[C@H]3[C@H](Oc4ncccc4F)CC[C@@H]32)o1. The first-order chi connectivity index (χ1) is 11.7. The number of pyridine rings is 1. The molecule has 24 heavy (non-hydrogen) atoms. The molecule has 3 atom stereocenters. The van der Waals surface area contributed by atoms with E-state index in [0.29, 0.717) is 6.61 Å². The van der Waals surface area contributed by atoms with Gasteiger partial charge in [0.15, 0.2) is 5.82 Å². The Morgan fingerprint density at radius 1 is 1.33 bits per heavy atom. The molecule has 128 valence electrons. The molecule has 0 unspecified atom stereocenters. The lowest BCUT2D eigenvalue weighted by molar-refractivity contribution is -0.0940. The van der Waals surface area contributed by atoms with E-state index < -0.39 is 5.82 Å². The molecule has 0 N–H and O–H groups in total. The molecule has 6 heteroatoms. The topological polar surface area (TPSA) is 47.7 Å². The summed E-state index contributed by atoms with van der Waals surface area (Å²) in [5, 5.41) is 0. The maximum absolute atomic E-state index is 13.8. The maximum Gasteiger partial charge on any atom is 0.250 e. The molecular weight excluding hydrogens is 311 g/mol. The highest BCUT2D eigenvalue weighted by atomic mass is 19.1. The highest BCUT2D eigenvalue weighted by Gasteiger charge is 2.44. The van der Waals surface area contributed by atoms with E-state index in [1.54, 1.807) is 6.07 Å². The monoisotopic (exact) mass is 332 g/mol. The molecule has 5 nitrogen and oxygen atoms in total. The van der Waals surface area contributed by atoms with Crippen molar-refractivity contribution in [3.05, 3.63) is 47.8 Å². The number of morpholine rings is 1. The Balaban J connectivity index is 1.45. The number of hydrogen-bond donors (Lipinski definition) is 0. The van der Waals surface area contributed by atoms with Crippen LogP contribution in [0.15, 0.2) is 34.9 Å². The van der Waals surface area contributed by atoms with Gasteiger partial charge < -0.3 is 13.9 Å². The lowest BCUT2D eigenvalue weighted by atomic mass is 10.1. The standard InChI is InChI=1S/C18H21FN2O3/c1-12-4-5-13(23-12)11-21-9-10-22-17-15(21)6-7-16(17)24-18-14(19)3-2-8-20-18/h2-5,8,15-17H,6-7,9-11H2,1H3/t15-,16+,17+/m0/s1. The smallest absolute Gasteiger partial charge is 0.250 e. The third-order valence-electron chi connectivity index (χ3n) is 4.79. The highest BCUT2D eigenvalue weighted by Crippen LogP contribution is 2.34. The molecule has 0 bridgehead atoms. The van der Waals surface area contributed by atoms with E-state index >= 15 is 0 Å². The van der Waals surface area contributed by atoms with Crippen molar-refractivity contribution in [1.29, 1.82) is 0 Å². The minimum Gasteiger partial charge on any atom is -0.469 e. The summed E-state index contributed by atoms with van der Waals surface area (Å²) in [6.07, 6.45) is 3.11. The third kappa shape index (κ3) is 3.03. The van der Waals surface area contributed by atoms with E-state index in [1.807, 2.05) is 19.1 Å². The van der Waals surface area contributed by atoms with E-state index in [2.05, 4.69) is 9.88 Å². The van der Waals surface area contributed by atoms with Crippen LogP contribution in [0.25, 0.3) is 0 Å². The van der Waals surface area contributed by atoms with Crippen LogP contribution in [0.3, 0.4) is 0 Å². The Morgan fingerprint density at radius 2 is 2.25 bits per heavy atom. The van der Waals surface area contributed by atoms with Gasteiger partial charge in [-0.1, -0.05) is 0 Å².